The van der Waals surface area contributed by atoms with Gasteiger partial charge in [-0.3, -0.25) is 4.79 Å². The molecule has 1 aliphatic rings. The summed E-state index contributed by atoms with van der Waals surface area (Å²) < 4.78 is 7.25. The Hall–Kier alpha value is -1.76. The van der Waals surface area contributed by atoms with Crippen LogP contribution in [-0.2, 0) is 11.8 Å². The predicted molar refractivity (Wildman–Crippen MR) is 93.8 cm³/mol. The van der Waals surface area contributed by atoms with Gasteiger partial charge in [-0.1, -0.05) is 11.8 Å². The summed E-state index contributed by atoms with van der Waals surface area (Å²) in [6, 6.07) is 2.53. The number of amides is 1. The number of hydrogen-bond acceptors (Lipinski definition) is 5. The normalized spacial score (nSPS) is 21.2. The first-order chi connectivity index (χ1) is 11.5. The minimum absolute atomic E-state index is 0.184. The molecule has 0 spiro atoms. The summed E-state index contributed by atoms with van der Waals surface area (Å²) in [5, 5.41) is 9.22. The topological polar surface area (TPSA) is 64.2 Å². The number of carbonyl (C=O) groups is 1. The number of carbonyl (C=O) groups excluding carboxylic acids is 1. The highest BCUT2D eigenvalue weighted by Gasteiger charge is 2.29. The number of piperidine rings is 1. The number of aromatic nitrogens is 3. The lowest BCUT2D eigenvalue weighted by atomic mass is 9.98. The molecule has 0 saturated carbocycles. The Morgan fingerprint density at radius 1 is 1.33 bits per heavy atom. The first-order valence-electron chi connectivity index (χ1n) is 8.37. The highest BCUT2D eigenvalue weighted by molar-refractivity contribution is 7.99. The molecule has 0 bridgehead atoms. The zero-order valence-electron chi connectivity index (χ0n) is 14.7. The number of hydrogen-bond donors (Lipinski definition) is 0. The van der Waals surface area contributed by atoms with Crippen LogP contribution in [0.1, 0.15) is 38.9 Å². The van der Waals surface area contributed by atoms with E-state index in [0.717, 1.165) is 35.1 Å². The number of rotatable bonds is 4. The van der Waals surface area contributed by atoms with Gasteiger partial charge in [0.15, 0.2) is 11.0 Å². The van der Waals surface area contributed by atoms with Gasteiger partial charge in [-0.25, -0.2) is 0 Å². The number of thioether (sulfide) groups is 1. The second-order valence-electron chi connectivity index (χ2n) is 6.47. The minimum atomic E-state index is 0.184. The van der Waals surface area contributed by atoms with Crippen LogP contribution in [-0.4, -0.2) is 43.4 Å². The number of furan rings is 1. The van der Waals surface area contributed by atoms with E-state index in [2.05, 4.69) is 24.0 Å². The Kier molecular flexibility index (Phi) is 4.99. The van der Waals surface area contributed by atoms with Crippen LogP contribution in [0.5, 0.6) is 0 Å². The molecule has 2 atom stereocenters. The van der Waals surface area contributed by atoms with Crippen LogP contribution >= 0.6 is 11.8 Å². The third-order valence-corrected chi connectivity index (χ3v) is 5.75. The van der Waals surface area contributed by atoms with Crippen molar-refractivity contribution in [3.05, 3.63) is 18.1 Å². The van der Waals surface area contributed by atoms with Crippen molar-refractivity contribution in [2.45, 2.75) is 57.3 Å². The molecule has 0 unspecified atom stereocenters. The van der Waals surface area contributed by atoms with Crippen molar-refractivity contribution in [1.29, 1.82) is 0 Å². The van der Waals surface area contributed by atoms with E-state index in [4.69, 9.17) is 4.42 Å². The quantitative estimate of drug-likeness (QED) is 0.794. The van der Waals surface area contributed by atoms with Crippen LogP contribution in [0.2, 0.25) is 0 Å². The Bertz CT molecular complexity index is 714. The van der Waals surface area contributed by atoms with Gasteiger partial charge in [0.1, 0.15) is 5.76 Å². The van der Waals surface area contributed by atoms with E-state index in [1.807, 2.05) is 29.5 Å². The maximum atomic E-state index is 12.6. The molecule has 7 heteroatoms. The molecule has 0 N–H and O–H groups in total. The first kappa shape index (κ1) is 17.1. The average Bonchev–Trinajstić information content (AvgIpc) is 3.11. The second kappa shape index (κ2) is 7.01. The van der Waals surface area contributed by atoms with Crippen LogP contribution < -0.4 is 0 Å². The van der Waals surface area contributed by atoms with Gasteiger partial charge in [-0.15, -0.1) is 10.2 Å². The van der Waals surface area contributed by atoms with Gasteiger partial charge < -0.3 is 13.9 Å². The number of nitrogens with zero attached hydrogens (tertiary/aromatic N) is 4. The van der Waals surface area contributed by atoms with Crippen LogP contribution in [0.25, 0.3) is 11.4 Å². The van der Waals surface area contributed by atoms with Crippen molar-refractivity contribution in [3.63, 3.8) is 0 Å². The molecule has 24 heavy (non-hydrogen) atoms. The monoisotopic (exact) mass is 348 g/mol. The highest BCUT2D eigenvalue weighted by atomic mass is 32.2. The van der Waals surface area contributed by atoms with Gasteiger partial charge in [0.2, 0.25) is 5.91 Å². The van der Waals surface area contributed by atoms with Crippen molar-refractivity contribution < 1.29 is 9.21 Å². The third kappa shape index (κ3) is 3.22. The molecule has 3 rings (SSSR count). The third-order valence-electron chi connectivity index (χ3n) is 4.74. The molecule has 2 aromatic rings. The maximum absolute atomic E-state index is 12.6. The molecular weight excluding hydrogens is 324 g/mol. The Morgan fingerprint density at radius 3 is 2.67 bits per heavy atom. The first-order valence-corrected chi connectivity index (χ1v) is 9.35. The molecular formula is C17H24N4O2S. The lowest BCUT2D eigenvalue weighted by Crippen LogP contribution is -2.48. The number of aryl methyl sites for hydroxylation is 1. The summed E-state index contributed by atoms with van der Waals surface area (Å²) >= 11 is 1.44. The molecule has 130 valence electrons. The smallest absolute Gasteiger partial charge is 0.233 e. The highest BCUT2D eigenvalue weighted by Crippen LogP contribution is 2.27. The van der Waals surface area contributed by atoms with Crippen LogP contribution in [0.3, 0.4) is 0 Å². The Morgan fingerprint density at radius 2 is 2.04 bits per heavy atom. The molecule has 0 radical (unpaired) electrons. The summed E-state index contributed by atoms with van der Waals surface area (Å²) in [6.45, 7) is 6.18. The molecule has 1 fully saturated rings. The van der Waals surface area contributed by atoms with Gasteiger partial charge in [0.05, 0.1) is 17.6 Å². The Balaban J connectivity index is 1.68. The van der Waals surface area contributed by atoms with Crippen molar-refractivity contribution in [1.82, 2.24) is 19.7 Å². The lowest BCUT2D eigenvalue weighted by Gasteiger charge is -2.39. The second-order valence-corrected chi connectivity index (χ2v) is 7.42. The zero-order chi connectivity index (χ0) is 17.3. The van der Waals surface area contributed by atoms with Gasteiger partial charge in [0.25, 0.3) is 0 Å². The van der Waals surface area contributed by atoms with Crippen molar-refractivity contribution in [2.24, 2.45) is 7.05 Å². The fourth-order valence-corrected chi connectivity index (χ4v) is 4.19. The zero-order valence-corrected chi connectivity index (χ0v) is 15.5. The van der Waals surface area contributed by atoms with E-state index in [0.29, 0.717) is 17.8 Å². The molecule has 1 amide bonds. The van der Waals surface area contributed by atoms with Gasteiger partial charge in [-0.05, 0) is 46.1 Å². The SMILES string of the molecule is Cc1occc1-c1nnc(SCC(=O)N2[C@@H](C)CCC[C@@H]2C)n1C. The van der Waals surface area contributed by atoms with E-state index in [-0.39, 0.29) is 5.91 Å². The van der Waals surface area contributed by atoms with E-state index in [9.17, 15) is 4.79 Å². The van der Waals surface area contributed by atoms with E-state index < -0.39 is 0 Å². The standard InChI is InChI=1S/C17H24N4O2S/c1-11-6-5-7-12(2)21(11)15(22)10-24-17-19-18-16(20(17)4)14-8-9-23-13(14)3/h8-9,11-12H,5-7,10H2,1-4H3/t11-,12-/m0/s1. The van der Waals surface area contributed by atoms with E-state index >= 15 is 0 Å². The fourth-order valence-electron chi connectivity index (χ4n) is 3.41. The van der Waals surface area contributed by atoms with Crippen molar-refractivity contribution in [3.8, 4) is 11.4 Å². The van der Waals surface area contributed by atoms with Crippen LogP contribution in [0.15, 0.2) is 21.9 Å². The molecule has 3 heterocycles. The van der Waals surface area contributed by atoms with Crippen molar-refractivity contribution in [2.75, 3.05) is 5.75 Å². The molecule has 1 saturated heterocycles. The van der Waals surface area contributed by atoms with Gasteiger partial charge in [-0.2, -0.15) is 0 Å². The van der Waals surface area contributed by atoms with Gasteiger partial charge >= 0.3 is 0 Å². The predicted octanol–water partition coefficient (Wildman–Crippen LogP) is 3.27. The minimum Gasteiger partial charge on any atom is -0.469 e. The van der Waals surface area contributed by atoms with E-state index in [1.54, 1.807) is 6.26 Å². The number of likely N-dealkylation sites (tertiary alicyclic amines) is 1. The molecule has 0 aliphatic carbocycles. The largest absolute Gasteiger partial charge is 0.469 e. The average molecular weight is 348 g/mol. The molecule has 6 nitrogen and oxygen atoms in total. The summed E-state index contributed by atoms with van der Waals surface area (Å²) in [4.78, 5) is 14.7. The lowest BCUT2D eigenvalue weighted by molar-refractivity contribution is -0.134. The maximum Gasteiger partial charge on any atom is 0.233 e. The summed E-state index contributed by atoms with van der Waals surface area (Å²) in [7, 11) is 1.92. The van der Waals surface area contributed by atoms with Crippen LogP contribution in [0, 0.1) is 6.92 Å². The summed E-state index contributed by atoms with van der Waals surface area (Å²) in [6.07, 6.45) is 5.04. The van der Waals surface area contributed by atoms with Crippen LogP contribution in [0.4, 0.5) is 0 Å². The Labute approximate surface area is 146 Å². The summed E-state index contributed by atoms with van der Waals surface area (Å²) in [5.41, 5.74) is 0.932. The van der Waals surface area contributed by atoms with E-state index in [1.165, 1.54) is 18.2 Å². The molecule has 2 aromatic heterocycles. The van der Waals surface area contributed by atoms with Gasteiger partial charge in [0, 0.05) is 19.1 Å². The van der Waals surface area contributed by atoms with Crippen molar-refractivity contribution >= 4 is 17.7 Å². The summed E-state index contributed by atoms with van der Waals surface area (Å²) in [5.74, 6) is 2.15. The fraction of sp³-hybridized carbons (Fsp3) is 0.588. The molecule has 0 aromatic carbocycles. The molecule has 1 aliphatic heterocycles.